The second kappa shape index (κ2) is 31.1. The van der Waals surface area contributed by atoms with Gasteiger partial charge in [0.2, 0.25) is 0 Å². The zero-order valence-electron chi connectivity index (χ0n) is 62.7. The molecule has 0 aliphatic rings. The number of fused-ring (bicyclic) bond motifs is 8. The number of aryl methyl sites for hydroxylation is 2. The Morgan fingerprint density at radius 1 is 0.371 bits per heavy atom. The lowest BCUT2D eigenvalue weighted by Crippen LogP contribution is -2.27. The molecule has 32 nitrogen and oxygen atoms in total. The minimum absolute atomic E-state index is 0.0794. The van der Waals surface area contributed by atoms with Gasteiger partial charge in [0.1, 0.15) is 80.1 Å². The number of nitrogen functional groups attached to an aromatic ring is 2. The van der Waals surface area contributed by atoms with Gasteiger partial charge < -0.3 is 41.2 Å². The van der Waals surface area contributed by atoms with E-state index in [1.807, 2.05) is 231 Å². The number of benzene rings is 6. The number of anilines is 4. The maximum atomic E-state index is 13.6. The van der Waals surface area contributed by atoms with E-state index in [0.717, 1.165) is 33.9 Å². The van der Waals surface area contributed by atoms with Crippen LogP contribution in [0.1, 0.15) is 86.3 Å². The van der Waals surface area contributed by atoms with Gasteiger partial charge in [0.15, 0.2) is 45.9 Å². The fourth-order valence-electron chi connectivity index (χ4n) is 14.0. The number of aromatic nitrogens is 24. The topological polar surface area (TPSA) is 412 Å². The van der Waals surface area contributed by atoms with Crippen molar-refractivity contribution in [2.75, 3.05) is 22.1 Å². The molecule has 14 heterocycles. The van der Waals surface area contributed by atoms with Gasteiger partial charge in [-0.25, -0.2) is 79.7 Å². The molecule has 0 aliphatic heterocycles. The molecule has 0 aliphatic carbocycles. The third kappa shape index (κ3) is 13.6. The molecule has 572 valence electrons. The van der Waals surface area contributed by atoms with Crippen molar-refractivity contribution in [3.8, 4) is 22.7 Å². The fourth-order valence-corrected chi connectivity index (χ4v) is 15.5. The maximum absolute atomic E-state index is 13.6. The minimum Gasteiger partial charge on any atom is -0.382 e. The quantitative estimate of drug-likeness (QED) is 0.0589. The molecule has 0 radical (unpaired) electrons. The van der Waals surface area contributed by atoms with E-state index >= 15 is 0 Å². The van der Waals surface area contributed by atoms with Crippen molar-refractivity contribution in [1.29, 1.82) is 0 Å². The van der Waals surface area contributed by atoms with Crippen LogP contribution in [0.15, 0.2) is 250 Å². The van der Waals surface area contributed by atoms with Crippen LogP contribution in [-0.4, -0.2) is 117 Å². The first-order valence-corrected chi connectivity index (χ1v) is 38.3. The summed E-state index contributed by atoms with van der Waals surface area (Å²) in [6, 6.07) is 52.0. The lowest BCUT2D eigenvalue weighted by molar-refractivity contribution is 0.590. The molecule has 6 aromatic carbocycles. The van der Waals surface area contributed by atoms with Crippen LogP contribution >= 0.6 is 22.7 Å². The predicted molar refractivity (Wildman–Crippen MR) is 449 cm³/mol. The first-order valence-electron chi connectivity index (χ1n) is 36.5. The van der Waals surface area contributed by atoms with Crippen molar-refractivity contribution in [3.05, 3.63) is 307 Å². The van der Waals surface area contributed by atoms with Gasteiger partial charge in [-0.05, 0) is 136 Å². The maximum Gasteiger partial charge on any atom is 0.276 e. The van der Waals surface area contributed by atoms with E-state index in [2.05, 4.69) is 80.4 Å². The number of nitrogens with one attached hydrogen (secondary N) is 4. The number of para-hydroxylation sites is 4. The van der Waals surface area contributed by atoms with E-state index in [0.29, 0.717) is 133 Å². The van der Waals surface area contributed by atoms with Gasteiger partial charge in [-0.15, -0.1) is 22.7 Å². The number of hydrogen-bond donors (Lipinski definition) is 6. The summed E-state index contributed by atoms with van der Waals surface area (Å²) >= 11 is 2.79. The van der Waals surface area contributed by atoms with Crippen LogP contribution in [0, 0.1) is 13.8 Å². The van der Waals surface area contributed by atoms with Gasteiger partial charge >= 0.3 is 0 Å². The van der Waals surface area contributed by atoms with E-state index < -0.39 is 0 Å². The Morgan fingerprint density at radius 2 is 0.724 bits per heavy atom. The van der Waals surface area contributed by atoms with Crippen LogP contribution in [0.5, 0.6) is 0 Å². The lowest BCUT2D eigenvalue weighted by Gasteiger charge is -2.20. The molecular weight excluding hydrogens is 1510 g/mol. The molecular formula is C82H68N28O4S2. The first kappa shape index (κ1) is 73.5. The zero-order chi connectivity index (χ0) is 79.8. The minimum atomic E-state index is -0.331. The van der Waals surface area contributed by atoms with Crippen LogP contribution in [0.2, 0.25) is 0 Å². The number of H-pyrrole nitrogens is 2. The summed E-state index contributed by atoms with van der Waals surface area (Å²) in [6.07, 6.45) is 12.2. The summed E-state index contributed by atoms with van der Waals surface area (Å²) < 4.78 is 11.6. The van der Waals surface area contributed by atoms with Gasteiger partial charge in [0.25, 0.3) is 22.2 Å². The number of aromatic amines is 2. The summed E-state index contributed by atoms with van der Waals surface area (Å²) in [4.78, 5) is 130. The van der Waals surface area contributed by atoms with E-state index in [1.165, 1.54) is 48.0 Å². The number of imidazole rings is 4. The van der Waals surface area contributed by atoms with Crippen molar-refractivity contribution in [1.82, 2.24) is 117 Å². The molecule has 0 fully saturated rings. The van der Waals surface area contributed by atoms with Crippen molar-refractivity contribution in [2.24, 2.45) is 0 Å². The monoisotopic (exact) mass is 1570 g/mol. The second-order valence-electron chi connectivity index (χ2n) is 26.9. The van der Waals surface area contributed by atoms with Crippen molar-refractivity contribution in [2.45, 2.75) is 65.7 Å². The van der Waals surface area contributed by atoms with E-state index in [1.54, 1.807) is 43.6 Å². The Labute approximate surface area is 663 Å². The highest BCUT2D eigenvalue weighted by Gasteiger charge is 2.27. The van der Waals surface area contributed by atoms with Crippen LogP contribution < -0.4 is 44.3 Å². The zero-order valence-corrected chi connectivity index (χ0v) is 64.3. The first-order chi connectivity index (χ1) is 56.6. The fraction of sp³-hybridized carbons (Fsp3) is 0.122. The number of hydrogen-bond acceptors (Lipinski definition) is 26. The molecule has 8 N–H and O–H groups in total. The SMILES string of the molecule is CC(Nc1ncnc2nc[nH]c12)c1nc2ccsc2c(=O)n1-c1ccccc1.CC(c1nc2ccsc2c(=O)n1-c1ccccc1)n1cnc2c(N)ncnc21.Cc1cccc2nc(C(C)Nc3ncnc4nc[nH]c34)n(-c3ccccc3)c(=O)c12.Cc1cccc2nc(C(C)n3cnc4c(N)ncnc43)n(-c3ccccc3)c(=O)c12. The van der Waals surface area contributed by atoms with Crippen molar-refractivity contribution < 1.29 is 0 Å². The molecule has 14 aromatic heterocycles. The summed E-state index contributed by atoms with van der Waals surface area (Å²) in [5.41, 5.74) is 23.8. The molecule has 4 unspecified atom stereocenters. The van der Waals surface area contributed by atoms with Crippen LogP contribution in [0.4, 0.5) is 23.3 Å². The summed E-state index contributed by atoms with van der Waals surface area (Å²) in [5, 5.41) is 11.7. The second-order valence-corrected chi connectivity index (χ2v) is 28.7. The van der Waals surface area contributed by atoms with Crippen LogP contribution in [-0.2, 0) is 0 Å². The van der Waals surface area contributed by atoms with Gasteiger partial charge in [-0.3, -0.25) is 37.4 Å². The third-order valence-corrected chi connectivity index (χ3v) is 21.4. The summed E-state index contributed by atoms with van der Waals surface area (Å²) in [7, 11) is 0. The molecule has 0 saturated carbocycles. The van der Waals surface area contributed by atoms with Gasteiger partial charge in [0.05, 0.1) is 105 Å². The molecule has 116 heavy (non-hydrogen) atoms. The highest BCUT2D eigenvalue weighted by Crippen LogP contribution is 2.32. The van der Waals surface area contributed by atoms with Gasteiger partial charge in [-0.1, -0.05) is 97.1 Å². The number of nitrogens with zero attached hydrogens (tertiary/aromatic N) is 22. The smallest absolute Gasteiger partial charge is 0.276 e. The molecule has 0 spiro atoms. The molecule has 20 rings (SSSR count). The molecule has 20 aromatic rings. The molecule has 34 heteroatoms. The molecule has 4 atom stereocenters. The molecule has 0 amide bonds. The third-order valence-electron chi connectivity index (χ3n) is 19.6. The van der Waals surface area contributed by atoms with E-state index in [9.17, 15) is 19.2 Å². The largest absolute Gasteiger partial charge is 0.382 e. The predicted octanol–water partition coefficient (Wildman–Crippen LogP) is 12.6. The Bertz CT molecular complexity index is 7320. The Balaban J connectivity index is 0.000000111. The van der Waals surface area contributed by atoms with Gasteiger partial charge in [0, 0.05) is 0 Å². The molecule has 0 bridgehead atoms. The van der Waals surface area contributed by atoms with Crippen LogP contribution in [0.3, 0.4) is 0 Å². The highest BCUT2D eigenvalue weighted by atomic mass is 32.1. The van der Waals surface area contributed by atoms with E-state index in [-0.39, 0.29) is 46.4 Å². The molecule has 0 saturated heterocycles. The standard InChI is InChI=1S/2C22H19N7O.2C19H15N7OS/c1-13-7-6-10-16-17(13)22(30)29(15-8-4-3-5-9-15)21(28-16)14(2)27-20-18-19(24-11-23-18)25-12-26-20;1-13-7-6-10-16-17(13)22(30)29(15-8-4-3-5-9-15)20(27-16)14(2)28-12-26-18-19(23)24-11-25-21(18)28;1-11(24-17-14-16(21-9-20-14)22-10-23-17)18-25-13-7-8-28-15(13)19(27)26(18)12-5-3-2-4-6-12;1-11(25-10-23-14-16(20)21-9-22-18(14)25)17-24-13-7-8-28-15(13)19(27)26(17)12-5-3-2-4-6-12/h3-12,14H,1-2H3,(H2,23,24,25,26,27);3-12,14H,1-2H3,(H2,23,24,25);2-11H,1H3,(H2,20,21,22,23,24);2-11H,1H3,(H2,20,21,22). The lowest BCUT2D eigenvalue weighted by atomic mass is 10.1. The Hall–Kier alpha value is -15.3. The summed E-state index contributed by atoms with van der Waals surface area (Å²) in [5.74, 6) is 4.21. The Kier molecular flexibility index (Phi) is 19.7. The highest BCUT2D eigenvalue weighted by molar-refractivity contribution is 7.17. The van der Waals surface area contributed by atoms with E-state index in [4.69, 9.17) is 31.4 Å². The Morgan fingerprint density at radius 3 is 1.14 bits per heavy atom. The number of nitrogens with two attached hydrogens (primary N) is 2. The van der Waals surface area contributed by atoms with Crippen molar-refractivity contribution >= 4 is 133 Å². The number of thiophene rings is 2. The van der Waals surface area contributed by atoms with Crippen LogP contribution in [0.25, 0.3) is 110 Å². The van der Waals surface area contributed by atoms with Gasteiger partial charge in [-0.2, -0.15) is 0 Å². The average Bonchev–Trinajstić information content (AvgIpc) is 1.36. The average molecular weight is 1570 g/mol. The number of rotatable bonds is 14. The summed E-state index contributed by atoms with van der Waals surface area (Å²) in [6.45, 7) is 11.7. The normalized spacial score (nSPS) is 12.5. The van der Waals surface area contributed by atoms with Crippen molar-refractivity contribution in [3.63, 3.8) is 0 Å².